The van der Waals surface area contributed by atoms with Crippen LogP contribution in [0.2, 0.25) is 33.2 Å². The molecular weight excluding hydrogens is 651 g/mol. The maximum atomic E-state index is 9.60. The zero-order chi connectivity index (χ0) is 34.0. The van der Waals surface area contributed by atoms with Crippen LogP contribution in [-0.4, -0.2) is 48.0 Å². The van der Waals surface area contributed by atoms with Gasteiger partial charge in [0.1, 0.15) is 11.5 Å². The van der Waals surface area contributed by atoms with Crippen molar-refractivity contribution in [2.45, 2.75) is 130 Å². The van der Waals surface area contributed by atoms with Crippen LogP contribution < -0.4 is 14.9 Å². The third-order valence-electron chi connectivity index (χ3n) is 9.25. The lowest BCUT2D eigenvalue weighted by Crippen LogP contribution is -2.48. The highest BCUT2D eigenvalue weighted by atomic mass is 79.9. The van der Waals surface area contributed by atoms with Crippen LogP contribution in [0.5, 0.6) is 11.5 Å². The number of hydrogen-bond donors (Lipinski definition) is 2. The molecule has 0 aliphatic rings. The molecule has 2 N–H and O–H groups in total. The van der Waals surface area contributed by atoms with Gasteiger partial charge in [0, 0.05) is 4.47 Å². The van der Waals surface area contributed by atoms with Crippen molar-refractivity contribution in [2.24, 2.45) is 0 Å². The fourth-order valence-corrected chi connectivity index (χ4v) is 18.5. The van der Waals surface area contributed by atoms with E-state index in [4.69, 9.17) is 18.3 Å². The van der Waals surface area contributed by atoms with Crippen molar-refractivity contribution >= 4 is 45.1 Å². The number of hydrogen-bond acceptors (Lipinski definition) is 6. The maximum Gasteiger partial charge on any atom is 0.488 e. The van der Waals surface area contributed by atoms with E-state index in [0.29, 0.717) is 57.7 Å². The van der Waals surface area contributed by atoms with Crippen LogP contribution in [0.4, 0.5) is 0 Å². The summed E-state index contributed by atoms with van der Waals surface area (Å²) >= 11 is 3.62. The summed E-state index contributed by atoms with van der Waals surface area (Å²) in [7, 11) is -2.03. The van der Waals surface area contributed by atoms with Crippen LogP contribution in [0.1, 0.15) is 94.2 Å². The second-order valence-corrected chi connectivity index (χ2v) is 25.4. The van der Waals surface area contributed by atoms with E-state index < -0.39 is 23.8 Å². The Morgan fingerprint density at radius 1 is 0.591 bits per heavy atom. The topological polar surface area (TPSA) is 77.4 Å². The fourth-order valence-electron chi connectivity index (χ4n) is 7.28. The number of rotatable bonds is 15. The molecule has 2 aromatic rings. The Bertz CT molecular complexity index is 1100. The molecule has 44 heavy (non-hydrogen) atoms. The second kappa shape index (κ2) is 18.3. The van der Waals surface area contributed by atoms with Crippen molar-refractivity contribution in [1.82, 2.24) is 0 Å². The van der Waals surface area contributed by atoms with Crippen LogP contribution in [0.15, 0.2) is 40.9 Å². The molecule has 250 valence electrons. The minimum Gasteiger partial charge on any atom is -0.497 e. The van der Waals surface area contributed by atoms with E-state index in [1.54, 1.807) is 26.4 Å². The molecule has 0 spiro atoms. The molecule has 10 heteroatoms. The largest absolute Gasteiger partial charge is 0.497 e. The molecule has 0 saturated carbocycles. The first kappa shape index (κ1) is 40.9. The molecule has 0 heterocycles. The minimum absolute atomic E-state index is 0.380. The smallest absolute Gasteiger partial charge is 0.488 e. The molecule has 2 aromatic carbocycles. The van der Waals surface area contributed by atoms with Crippen molar-refractivity contribution in [3.8, 4) is 11.5 Å². The van der Waals surface area contributed by atoms with Gasteiger partial charge in [-0.05, 0) is 80.2 Å². The lowest BCUT2D eigenvalue weighted by Gasteiger charge is -2.42. The number of benzene rings is 2. The fraction of sp³-hybridized carbons (Fsp3) is 0.647. The van der Waals surface area contributed by atoms with E-state index in [2.05, 4.69) is 105 Å². The zero-order valence-electron chi connectivity index (χ0n) is 29.8. The van der Waals surface area contributed by atoms with Gasteiger partial charge in [-0.1, -0.05) is 105 Å². The van der Waals surface area contributed by atoms with Crippen LogP contribution in [0, 0.1) is 0 Å². The molecule has 2 rings (SSSR count). The van der Waals surface area contributed by atoms with Crippen LogP contribution in [0.3, 0.4) is 0 Å². The zero-order valence-corrected chi connectivity index (χ0v) is 33.4. The minimum atomic E-state index is -2.00. The summed E-state index contributed by atoms with van der Waals surface area (Å²) in [5, 5.41) is 19.2. The average molecular weight is 712 g/mol. The lowest BCUT2D eigenvalue weighted by atomic mass is 9.77. The van der Waals surface area contributed by atoms with Crippen LogP contribution in [-0.2, 0) is 22.1 Å². The van der Waals surface area contributed by atoms with E-state index in [-0.39, 0.29) is 0 Å². The van der Waals surface area contributed by atoms with Gasteiger partial charge in [-0.3, -0.25) is 0 Å². The van der Waals surface area contributed by atoms with Crippen LogP contribution >= 0.6 is 15.9 Å². The van der Waals surface area contributed by atoms with Gasteiger partial charge in [-0.2, -0.15) is 0 Å². The van der Waals surface area contributed by atoms with Gasteiger partial charge in [0.15, 0.2) is 0 Å². The quantitative estimate of drug-likeness (QED) is 0.180. The normalized spacial score (nSPS) is 12.4. The van der Waals surface area contributed by atoms with Gasteiger partial charge in [0.25, 0.3) is 0 Å². The van der Waals surface area contributed by atoms with Gasteiger partial charge in [0.2, 0.25) is 16.6 Å². The Labute approximate surface area is 279 Å². The van der Waals surface area contributed by atoms with Gasteiger partial charge < -0.3 is 28.4 Å². The predicted molar refractivity (Wildman–Crippen MR) is 195 cm³/mol. The summed E-state index contributed by atoms with van der Waals surface area (Å²) in [4.78, 5) is 0. The Kier molecular flexibility index (Phi) is 17.0. The van der Waals surface area contributed by atoms with E-state index >= 15 is 0 Å². The number of ether oxygens (including phenoxy) is 2. The van der Waals surface area contributed by atoms with E-state index in [9.17, 15) is 10.0 Å². The highest BCUT2D eigenvalue weighted by molar-refractivity contribution is 9.10. The maximum absolute atomic E-state index is 9.60. The number of halogens is 1. The third-order valence-corrected chi connectivity index (χ3v) is 22.1. The monoisotopic (exact) mass is 710 g/mol. The molecule has 0 fully saturated rings. The van der Waals surface area contributed by atoms with Crippen molar-refractivity contribution in [2.75, 3.05) is 14.2 Å². The molecule has 0 bridgehead atoms. The first-order valence-electron chi connectivity index (χ1n) is 16.0. The first-order valence-corrected chi connectivity index (χ1v) is 21.1. The summed E-state index contributed by atoms with van der Waals surface area (Å²) in [5.41, 5.74) is 5.66. The van der Waals surface area contributed by atoms with Gasteiger partial charge in [-0.15, -0.1) is 0 Å². The third kappa shape index (κ3) is 9.93. The average Bonchev–Trinajstić information content (AvgIpc) is 2.93. The van der Waals surface area contributed by atoms with E-state index in [0.717, 1.165) is 21.3 Å². The van der Waals surface area contributed by atoms with Crippen molar-refractivity contribution in [3.63, 3.8) is 0 Å². The Morgan fingerprint density at radius 2 is 0.932 bits per heavy atom. The SMILES string of the molecule is COc1ccc(B(O)O)c(CO[Si](C(C)C)(C(C)C)C(C)C)c1.COc1ccc(Br)c(CO[Si](C(C)C)(C(C)C)C(C)C)c1. The molecule has 0 atom stereocenters. The molecule has 0 aromatic heterocycles. The summed E-state index contributed by atoms with van der Waals surface area (Å²) in [6.07, 6.45) is 0. The Balaban J connectivity index is 0.000000442. The van der Waals surface area contributed by atoms with E-state index in [1.165, 1.54) is 0 Å². The molecule has 0 amide bonds. The molecule has 0 aliphatic heterocycles. The van der Waals surface area contributed by atoms with Gasteiger partial charge >= 0.3 is 7.12 Å². The highest BCUT2D eigenvalue weighted by Gasteiger charge is 2.46. The summed E-state index contributed by atoms with van der Waals surface area (Å²) in [6.45, 7) is 28.3. The summed E-state index contributed by atoms with van der Waals surface area (Å²) < 4.78 is 24.8. The Morgan fingerprint density at radius 3 is 1.27 bits per heavy atom. The molecule has 0 saturated heterocycles. The van der Waals surface area contributed by atoms with E-state index in [1.807, 2.05) is 18.2 Å². The van der Waals surface area contributed by atoms with Crippen LogP contribution in [0.25, 0.3) is 0 Å². The van der Waals surface area contributed by atoms with Crippen molar-refractivity contribution in [1.29, 1.82) is 0 Å². The van der Waals surface area contributed by atoms with Crippen molar-refractivity contribution in [3.05, 3.63) is 52.0 Å². The second-order valence-electron chi connectivity index (χ2n) is 13.6. The molecule has 0 radical (unpaired) electrons. The highest BCUT2D eigenvalue weighted by Crippen LogP contribution is 2.44. The first-order chi connectivity index (χ1) is 20.4. The molecular formula is C34H60BBrO6Si2. The predicted octanol–water partition coefficient (Wildman–Crippen LogP) is 9.22. The van der Waals surface area contributed by atoms with Crippen molar-refractivity contribution < 1.29 is 28.4 Å². The Hall–Kier alpha value is -1.14. The standard InChI is InChI=1S/C17H31BO4Si.C17H29BrO2Si/c1-12(2)23(13(3)4,14(5)6)22-11-15-10-16(21-7)8-9-17(15)18(19)20;1-12(2)21(13(3)4,14(5)6)20-11-15-10-16(19-7)8-9-17(15)18/h8-10,12-14,19-20H,11H2,1-7H3;8-10,12-14H,11H2,1-7H3. The number of methoxy groups -OCH3 is 2. The summed E-state index contributed by atoms with van der Waals surface area (Å²) in [6, 6.07) is 11.3. The summed E-state index contributed by atoms with van der Waals surface area (Å²) in [5.74, 6) is 1.57. The molecule has 6 nitrogen and oxygen atoms in total. The molecule has 0 unspecified atom stereocenters. The van der Waals surface area contributed by atoms with Gasteiger partial charge in [-0.25, -0.2) is 0 Å². The van der Waals surface area contributed by atoms with Gasteiger partial charge in [0.05, 0.1) is 27.4 Å². The molecule has 0 aliphatic carbocycles. The lowest BCUT2D eigenvalue weighted by molar-refractivity contribution is 0.264.